The summed E-state index contributed by atoms with van der Waals surface area (Å²) in [6.07, 6.45) is 7.90. The largest absolute Gasteiger partial charge is 0.0622 e. The average molecular weight is 306 g/mol. The van der Waals surface area contributed by atoms with Gasteiger partial charge in [0, 0.05) is 0 Å². The molecule has 0 nitrogen and oxygen atoms in total. The first kappa shape index (κ1) is 16.3. The van der Waals surface area contributed by atoms with Crippen molar-refractivity contribution < 1.29 is 0 Å². The van der Waals surface area contributed by atoms with Gasteiger partial charge in [-0.25, -0.2) is 0 Å². The van der Waals surface area contributed by atoms with E-state index in [2.05, 4.69) is 75.4 Å². The van der Waals surface area contributed by atoms with E-state index in [1.807, 2.05) is 0 Å². The lowest BCUT2D eigenvalue weighted by Gasteiger charge is -2.42. The molecule has 0 bridgehead atoms. The molecule has 0 heteroatoms. The lowest BCUT2D eigenvalue weighted by atomic mass is 9.62. The molecule has 0 unspecified atom stereocenters. The van der Waals surface area contributed by atoms with Gasteiger partial charge < -0.3 is 0 Å². The Morgan fingerprint density at radius 3 is 2.30 bits per heavy atom. The van der Waals surface area contributed by atoms with Crippen molar-refractivity contribution in [1.82, 2.24) is 0 Å². The molecule has 0 aromatic heterocycles. The molecule has 0 heterocycles. The van der Waals surface area contributed by atoms with E-state index in [1.165, 1.54) is 55.2 Å². The molecule has 0 radical (unpaired) electrons. The first-order valence-electron chi connectivity index (χ1n) is 9.15. The molecule has 2 atom stereocenters. The molecule has 0 saturated heterocycles. The minimum absolute atomic E-state index is 0.333. The van der Waals surface area contributed by atoms with E-state index in [-0.39, 0.29) is 0 Å². The van der Waals surface area contributed by atoms with E-state index in [4.69, 9.17) is 0 Å². The third kappa shape index (κ3) is 3.09. The van der Waals surface area contributed by atoms with Crippen LogP contribution in [-0.4, -0.2) is 0 Å². The Bertz CT molecular complexity index is 642. The van der Waals surface area contributed by atoms with Crippen molar-refractivity contribution in [1.29, 1.82) is 0 Å². The lowest BCUT2D eigenvalue weighted by Crippen LogP contribution is -2.36. The second-order valence-corrected chi connectivity index (χ2v) is 7.89. The predicted molar refractivity (Wildman–Crippen MR) is 99.9 cm³/mol. The minimum atomic E-state index is 0.333. The van der Waals surface area contributed by atoms with Gasteiger partial charge in [-0.1, -0.05) is 74.9 Å². The molecule has 0 aliphatic heterocycles. The van der Waals surface area contributed by atoms with Crippen molar-refractivity contribution in [3.05, 3.63) is 71.3 Å². The summed E-state index contributed by atoms with van der Waals surface area (Å²) in [7, 11) is 0. The van der Waals surface area contributed by atoms with Crippen LogP contribution >= 0.6 is 0 Å². The van der Waals surface area contributed by atoms with Crippen LogP contribution < -0.4 is 0 Å². The molecule has 23 heavy (non-hydrogen) atoms. The first-order chi connectivity index (χ1) is 11.1. The van der Waals surface area contributed by atoms with Crippen LogP contribution in [0.15, 0.2) is 54.6 Å². The van der Waals surface area contributed by atoms with Crippen molar-refractivity contribution in [2.45, 2.75) is 64.7 Å². The zero-order chi connectivity index (χ0) is 16.3. The van der Waals surface area contributed by atoms with Crippen LogP contribution in [0.3, 0.4) is 0 Å². The summed E-state index contributed by atoms with van der Waals surface area (Å²) in [5.41, 5.74) is 5.26. The Hall–Kier alpha value is -1.56. The van der Waals surface area contributed by atoms with E-state index in [1.54, 1.807) is 0 Å². The summed E-state index contributed by atoms with van der Waals surface area (Å²) in [5, 5.41) is 0. The van der Waals surface area contributed by atoms with Crippen LogP contribution in [0.25, 0.3) is 0 Å². The molecule has 1 aliphatic carbocycles. The minimum Gasteiger partial charge on any atom is -0.0622 e. The summed E-state index contributed by atoms with van der Waals surface area (Å²) < 4.78 is 0. The van der Waals surface area contributed by atoms with Gasteiger partial charge in [0.05, 0.1) is 0 Å². The highest BCUT2D eigenvalue weighted by molar-refractivity contribution is 5.30. The molecule has 0 N–H and O–H groups in total. The standard InChI is InChI=1S/C23H30/c1-19-11-7-8-12-20(19)13-9-16-22(2)17-10-18-23(22,3)21-14-5-4-6-15-21/h4-8,11-12,14-15H,9-10,13,16-18H2,1-3H3/t22-,23-/m1/s1. The van der Waals surface area contributed by atoms with Crippen LogP contribution in [0, 0.1) is 12.3 Å². The van der Waals surface area contributed by atoms with Crippen LogP contribution in [0.4, 0.5) is 0 Å². The summed E-state index contributed by atoms with van der Waals surface area (Å²) in [6, 6.07) is 20.1. The number of rotatable bonds is 5. The molecule has 2 aromatic carbocycles. The lowest BCUT2D eigenvalue weighted by molar-refractivity contribution is 0.175. The monoisotopic (exact) mass is 306 g/mol. The van der Waals surface area contributed by atoms with Crippen LogP contribution in [0.5, 0.6) is 0 Å². The molecule has 0 spiro atoms. The van der Waals surface area contributed by atoms with Crippen LogP contribution in [0.2, 0.25) is 0 Å². The van der Waals surface area contributed by atoms with E-state index in [0.29, 0.717) is 10.8 Å². The number of hydrogen-bond acceptors (Lipinski definition) is 0. The van der Waals surface area contributed by atoms with E-state index in [9.17, 15) is 0 Å². The predicted octanol–water partition coefficient (Wildman–Crippen LogP) is 6.47. The average Bonchev–Trinajstić information content (AvgIpc) is 2.87. The Morgan fingerprint density at radius 1 is 0.870 bits per heavy atom. The summed E-state index contributed by atoms with van der Waals surface area (Å²) in [5.74, 6) is 0. The smallest absolute Gasteiger partial charge is 0.00215 e. The maximum Gasteiger partial charge on any atom is -0.00215 e. The van der Waals surface area contributed by atoms with Crippen molar-refractivity contribution in [3.63, 3.8) is 0 Å². The Morgan fingerprint density at radius 2 is 1.57 bits per heavy atom. The number of hydrogen-bond donors (Lipinski definition) is 0. The van der Waals surface area contributed by atoms with Gasteiger partial charge in [-0.15, -0.1) is 0 Å². The maximum absolute atomic E-state index is 2.53. The number of benzene rings is 2. The first-order valence-corrected chi connectivity index (χ1v) is 9.15. The molecule has 1 aliphatic rings. The van der Waals surface area contributed by atoms with E-state index < -0.39 is 0 Å². The van der Waals surface area contributed by atoms with Crippen LogP contribution in [-0.2, 0) is 11.8 Å². The Labute approximate surface area is 141 Å². The van der Waals surface area contributed by atoms with Gasteiger partial charge in [0.25, 0.3) is 0 Å². The highest BCUT2D eigenvalue weighted by Gasteiger charge is 2.48. The normalized spacial score (nSPS) is 27.3. The zero-order valence-electron chi connectivity index (χ0n) is 14.9. The fourth-order valence-corrected chi connectivity index (χ4v) is 4.67. The Balaban J connectivity index is 1.72. The SMILES string of the molecule is Cc1ccccc1CCC[C@]1(C)CCC[C@]1(C)c1ccccc1. The molecule has 1 saturated carbocycles. The quantitative estimate of drug-likeness (QED) is 0.594. The molecular weight excluding hydrogens is 276 g/mol. The van der Waals surface area contributed by atoms with Crippen LogP contribution in [0.1, 0.15) is 62.6 Å². The van der Waals surface area contributed by atoms with Crippen molar-refractivity contribution >= 4 is 0 Å². The van der Waals surface area contributed by atoms with Crippen molar-refractivity contribution in [2.75, 3.05) is 0 Å². The molecule has 3 rings (SSSR count). The number of aryl methyl sites for hydroxylation is 2. The van der Waals surface area contributed by atoms with Gasteiger partial charge in [0.15, 0.2) is 0 Å². The van der Waals surface area contributed by atoms with Gasteiger partial charge >= 0.3 is 0 Å². The fourth-order valence-electron chi connectivity index (χ4n) is 4.67. The second kappa shape index (κ2) is 6.51. The third-order valence-corrected chi connectivity index (χ3v) is 6.58. The summed E-state index contributed by atoms with van der Waals surface area (Å²) in [6.45, 7) is 7.27. The highest BCUT2D eigenvalue weighted by Crippen LogP contribution is 2.56. The van der Waals surface area contributed by atoms with Gasteiger partial charge in [-0.3, -0.25) is 0 Å². The summed E-state index contributed by atoms with van der Waals surface area (Å²) in [4.78, 5) is 0. The van der Waals surface area contributed by atoms with E-state index >= 15 is 0 Å². The van der Waals surface area contributed by atoms with Gasteiger partial charge in [-0.2, -0.15) is 0 Å². The molecule has 0 amide bonds. The second-order valence-electron chi connectivity index (χ2n) is 7.89. The zero-order valence-corrected chi connectivity index (χ0v) is 14.9. The molecule has 122 valence electrons. The maximum atomic E-state index is 2.53. The summed E-state index contributed by atoms with van der Waals surface area (Å²) >= 11 is 0. The van der Waals surface area contributed by atoms with Gasteiger partial charge in [0.2, 0.25) is 0 Å². The highest BCUT2D eigenvalue weighted by atomic mass is 14.5. The third-order valence-electron chi connectivity index (χ3n) is 6.58. The van der Waals surface area contributed by atoms with Crippen molar-refractivity contribution in [2.24, 2.45) is 5.41 Å². The Kier molecular flexibility index (Phi) is 4.62. The molecular formula is C23H30. The van der Waals surface area contributed by atoms with E-state index in [0.717, 1.165) is 0 Å². The van der Waals surface area contributed by atoms with Crippen molar-refractivity contribution in [3.8, 4) is 0 Å². The van der Waals surface area contributed by atoms with Gasteiger partial charge in [0.1, 0.15) is 0 Å². The fraction of sp³-hybridized carbons (Fsp3) is 0.478. The van der Waals surface area contributed by atoms with Gasteiger partial charge in [-0.05, 0) is 66.5 Å². The molecule has 1 fully saturated rings. The molecule has 2 aromatic rings. The topological polar surface area (TPSA) is 0 Å².